The third-order valence-electron chi connectivity index (χ3n) is 2.52. The number of anilines is 1. The molecule has 5 nitrogen and oxygen atoms in total. The molecule has 0 aliphatic carbocycles. The highest BCUT2D eigenvalue weighted by Crippen LogP contribution is 2.39. The van der Waals surface area contributed by atoms with Gasteiger partial charge in [0.25, 0.3) is 0 Å². The fraction of sp³-hybridized carbons (Fsp3) is 0.0769. The van der Waals surface area contributed by atoms with E-state index in [1.807, 2.05) is 30.3 Å². The van der Waals surface area contributed by atoms with Crippen molar-refractivity contribution in [1.82, 2.24) is 0 Å². The van der Waals surface area contributed by atoms with Crippen molar-refractivity contribution in [3.63, 3.8) is 0 Å². The highest BCUT2D eigenvalue weighted by molar-refractivity contribution is 9.10. The summed E-state index contributed by atoms with van der Waals surface area (Å²) in [5.41, 5.74) is 6.40. The van der Waals surface area contributed by atoms with Crippen LogP contribution >= 0.6 is 15.9 Å². The van der Waals surface area contributed by atoms with Crippen molar-refractivity contribution in [2.45, 2.75) is 6.61 Å². The Labute approximate surface area is 118 Å². The van der Waals surface area contributed by atoms with E-state index in [2.05, 4.69) is 15.9 Å². The van der Waals surface area contributed by atoms with E-state index in [-0.39, 0.29) is 23.7 Å². The Morgan fingerprint density at radius 3 is 2.53 bits per heavy atom. The maximum absolute atomic E-state index is 11.0. The molecule has 19 heavy (non-hydrogen) atoms. The topological polar surface area (TPSA) is 78.4 Å². The summed E-state index contributed by atoms with van der Waals surface area (Å²) in [4.78, 5) is 10.5. The first-order chi connectivity index (χ1) is 9.09. The number of nitrogens with zero attached hydrogens (tertiary/aromatic N) is 1. The molecule has 0 atom stereocenters. The normalized spacial score (nSPS) is 10.2. The first-order valence-corrected chi connectivity index (χ1v) is 6.28. The zero-order chi connectivity index (χ0) is 13.8. The number of ether oxygens (including phenoxy) is 1. The SMILES string of the molecule is Nc1ccc(Br)c(OCc2ccccc2)c1[N+](=O)[O-]. The van der Waals surface area contributed by atoms with Gasteiger partial charge < -0.3 is 10.5 Å². The quantitative estimate of drug-likeness (QED) is 0.530. The van der Waals surface area contributed by atoms with Crippen molar-refractivity contribution in [3.05, 3.63) is 62.6 Å². The van der Waals surface area contributed by atoms with Crippen LogP contribution in [-0.4, -0.2) is 4.92 Å². The molecule has 0 heterocycles. The van der Waals surface area contributed by atoms with Crippen LogP contribution in [0.3, 0.4) is 0 Å². The van der Waals surface area contributed by atoms with E-state index in [0.29, 0.717) is 4.47 Å². The minimum absolute atomic E-state index is 0.0799. The van der Waals surface area contributed by atoms with E-state index >= 15 is 0 Å². The fourth-order valence-electron chi connectivity index (χ4n) is 1.62. The van der Waals surface area contributed by atoms with Crippen LogP contribution in [-0.2, 0) is 6.61 Å². The molecule has 2 rings (SSSR count). The summed E-state index contributed by atoms with van der Waals surface area (Å²) in [6.07, 6.45) is 0. The summed E-state index contributed by atoms with van der Waals surface area (Å²) in [5.74, 6) is 0.147. The first-order valence-electron chi connectivity index (χ1n) is 5.48. The summed E-state index contributed by atoms with van der Waals surface area (Å²) in [6, 6.07) is 12.5. The number of nitro benzene ring substituents is 1. The zero-order valence-corrected chi connectivity index (χ0v) is 11.5. The number of rotatable bonds is 4. The largest absolute Gasteiger partial charge is 0.481 e. The summed E-state index contributed by atoms with van der Waals surface area (Å²) >= 11 is 3.24. The summed E-state index contributed by atoms with van der Waals surface area (Å²) in [7, 11) is 0. The smallest absolute Gasteiger partial charge is 0.334 e. The lowest BCUT2D eigenvalue weighted by Gasteiger charge is -2.10. The molecular weight excluding hydrogens is 312 g/mol. The molecule has 0 saturated carbocycles. The van der Waals surface area contributed by atoms with Crippen molar-refractivity contribution in [2.24, 2.45) is 0 Å². The van der Waals surface area contributed by atoms with Crippen molar-refractivity contribution >= 4 is 27.3 Å². The number of halogens is 1. The molecule has 0 aliphatic heterocycles. The lowest BCUT2D eigenvalue weighted by molar-refractivity contribution is -0.385. The second kappa shape index (κ2) is 5.71. The van der Waals surface area contributed by atoms with Crippen molar-refractivity contribution in [2.75, 3.05) is 5.73 Å². The zero-order valence-electron chi connectivity index (χ0n) is 9.88. The molecule has 0 amide bonds. The first kappa shape index (κ1) is 13.4. The van der Waals surface area contributed by atoms with E-state index in [1.54, 1.807) is 6.07 Å². The summed E-state index contributed by atoms with van der Waals surface area (Å²) < 4.78 is 6.03. The van der Waals surface area contributed by atoms with Gasteiger partial charge in [0.05, 0.1) is 9.40 Å². The van der Waals surface area contributed by atoms with Crippen LogP contribution in [0.15, 0.2) is 46.9 Å². The van der Waals surface area contributed by atoms with Crippen LogP contribution in [0.5, 0.6) is 5.75 Å². The van der Waals surface area contributed by atoms with E-state index in [0.717, 1.165) is 5.56 Å². The third-order valence-corrected chi connectivity index (χ3v) is 3.15. The Morgan fingerprint density at radius 2 is 1.89 bits per heavy atom. The van der Waals surface area contributed by atoms with Crippen LogP contribution < -0.4 is 10.5 Å². The number of benzene rings is 2. The molecule has 0 unspecified atom stereocenters. The Morgan fingerprint density at radius 1 is 1.21 bits per heavy atom. The van der Waals surface area contributed by atoms with Gasteiger partial charge in [0.1, 0.15) is 12.3 Å². The van der Waals surface area contributed by atoms with Gasteiger partial charge in [-0.2, -0.15) is 0 Å². The highest BCUT2D eigenvalue weighted by atomic mass is 79.9. The Kier molecular flexibility index (Phi) is 4.01. The number of nitrogens with two attached hydrogens (primary N) is 1. The molecular formula is C13H11BrN2O3. The van der Waals surface area contributed by atoms with Gasteiger partial charge in [0.2, 0.25) is 5.75 Å². The average molecular weight is 323 g/mol. The molecule has 0 aliphatic rings. The van der Waals surface area contributed by atoms with Crippen LogP contribution in [0.1, 0.15) is 5.56 Å². The molecule has 2 aromatic carbocycles. The minimum atomic E-state index is -0.541. The summed E-state index contributed by atoms with van der Waals surface area (Å²) in [5, 5.41) is 11.0. The van der Waals surface area contributed by atoms with Crippen molar-refractivity contribution < 1.29 is 9.66 Å². The second-order valence-corrected chi connectivity index (χ2v) is 4.70. The molecule has 0 radical (unpaired) electrons. The maximum Gasteiger partial charge on any atom is 0.334 e. The van der Waals surface area contributed by atoms with Gasteiger partial charge in [-0.05, 0) is 33.6 Å². The predicted octanol–water partition coefficient (Wildman–Crippen LogP) is 3.52. The Hall–Kier alpha value is -2.08. The van der Waals surface area contributed by atoms with Crippen molar-refractivity contribution in [1.29, 1.82) is 0 Å². The molecule has 2 aromatic rings. The van der Waals surface area contributed by atoms with Crippen molar-refractivity contribution in [3.8, 4) is 5.75 Å². The molecule has 6 heteroatoms. The van der Waals surface area contributed by atoms with Gasteiger partial charge in [-0.3, -0.25) is 10.1 Å². The molecule has 2 N–H and O–H groups in total. The van der Waals surface area contributed by atoms with Crippen LogP contribution in [0.2, 0.25) is 0 Å². The molecule has 0 saturated heterocycles. The molecule has 0 fully saturated rings. The molecule has 98 valence electrons. The van der Waals surface area contributed by atoms with Gasteiger partial charge >= 0.3 is 5.69 Å². The van der Waals surface area contributed by atoms with E-state index in [1.165, 1.54) is 6.07 Å². The van der Waals surface area contributed by atoms with Crippen LogP contribution in [0, 0.1) is 10.1 Å². The van der Waals surface area contributed by atoms with Gasteiger partial charge in [-0.25, -0.2) is 0 Å². The van der Waals surface area contributed by atoms with Crippen LogP contribution in [0.4, 0.5) is 11.4 Å². The summed E-state index contributed by atoms with van der Waals surface area (Å²) in [6.45, 7) is 0.240. The molecule has 0 spiro atoms. The lowest BCUT2D eigenvalue weighted by Crippen LogP contribution is -2.02. The lowest BCUT2D eigenvalue weighted by atomic mass is 10.2. The monoisotopic (exact) mass is 322 g/mol. The average Bonchev–Trinajstić information content (AvgIpc) is 2.40. The number of nitro groups is 1. The number of hydrogen-bond acceptors (Lipinski definition) is 4. The fourth-order valence-corrected chi connectivity index (χ4v) is 2.05. The van der Waals surface area contributed by atoms with Gasteiger partial charge in [-0.1, -0.05) is 30.3 Å². The standard InChI is InChI=1S/C13H11BrN2O3/c14-10-6-7-11(15)12(16(17)18)13(10)19-8-9-4-2-1-3-5-9/h1-7H,8,15H2. The predicted molar refractivity (Wildman–Crippen MR) is 76.0 cm³/mol. The molecule has 0 aromatic heterocycles. The second-order valence-electron chi connectivity index (χ2n) is 3.85. The Balaban J connectivity index is 2.29. The highest BCUT2D eigenvalue weighted by Gasteiger charge is 2.22. The number of hydrogen-bond donors (Lipinski definition) is 1. The van der Waals surface area contributed by atoms with Gasteiger partial charge in [-0.15, -0.1) is 0 Å². The maximum atomic E-state index is 11.0. The number of nitrogen functional groups attached to an aromatic ring is 1. The third kappa shape index (κ3) is 3.03. The van der Waals surface area contributed by atoms with Gasteiger partial charge in [0.15, 0.2) is 0 Å². The van der Waals surface area contributed by atoms with Crippen LogP contribution in [0.25, 0.3) is 0 Å². The Bertz CT molecular complexity index is 602. The van der Waals surface area contributed by atoms with E-state index < -0.39 is 4.92 Å². The van der Waals surface area contributed by atoms with Gasteiger partial charge in [0, 0.05) is 0 Å². The minimum Gasteiger partial charge on any atom is -0.481 e. The molecule has 0 bridgehead atoms. The van der Waals surface area contributed by atoms with E-state index in [4.69, 9.17) is 10.5 Å². The van der Waals surface area contributed by atoms with E-state index in [9.17, 15) is 10.1 Å².